The number of benzene rings is 2. The molecule has 6 heteroatoms. The van der Waals surface area contributed by atoms with E-state index in [-0.39, 0.29) is 5.92 Å². The lowest BCUT2D eigenvalue weighted by Gasteiger charge is -2.28. The number of nitrogens with one attached hydrogen (secondary N) is 1. The van der Waals surface area contributed by atoms with Gasteiger partial charge in [-0.15, -0.1) is 0 Å². The van der Waals surface area contributed by atoms with Crippen molar-refractivity contribution in [2.45, 2.75) is 25.3 Å². The summed E-state index contributed by atoms with van der Waals surface area (Å²) in [6.07, 6.45) is 2.78. The van der Waals surface area contributed by atoms with Gasteiger partial charge in [-0.05, 0) is 56.3 Å². The maximum Gasteiger partial charge on any atom is 0.223 e. The zero-order chi connectivity index (χ0) is 20.5. The molecule has 2 atom stereocenters. The summed E-state index contributed by atoms with van der Waals surface area (Å²) in [4.78, 5) is 11.6. The van der Waals surface area contributed by atoms with E-state index in [2.05, 4.69) is 66.6 Å². The summed E-state index contributed by atoms with van der Waals surface area (Å²) in [5.74, 6) is 0.866. The zero-order valence-electron chi connectivity index (χ0n) is 16.8. The van der Waals surface area contributed by atoms with Crippen molar-refractivity contribution in [3.63, 3.8) is 0 Å². The van der Waals surface area contributed by atoms with E-state index in [1.165, 1.54) is 5.56 Å². The van der Waals surface area contributed by atoms with E-state index in [9.17, 15) is 0 Å². The van der Waals surface area contributed by atoms with Crippen molar-refractivity contribution in [3.8, 4) is 11.3 Å². The maximum absolute atomic E-state index is 6.30. The van der Waals surface area contributed by atoms with Crippen LogP contribution in [0.25, 0.3) is 11.3 Å². The first-order valence-corrected chi connectivity index (χ1v) is 10.5. The van der Waals surface area contributed by atoms with Crippen LogP contribution in [0.4, 0.5) is 5.95 Å². The van der Waals surface area contributed by atoms with Crippen LogP contribution in [0.1, 0.15) is 29.5 Å². The van der Waals surface area contributed by atoms with Crippen molar-refractivity contribution in [2.75, 3.05) is 26.0 Å². The Hall–Kier alpha value is -2.14. The highest BCUT2D eigenvalue weighted by molar-refractivity contribution is 6.42. The molecule has 4 rings (SSSR count). The number of anilines is 1. The molecule has 1 N–H and O–H groups in total. The van der Waals surface area contributed by atoms with Crippen LogP contribution in [0.5, 0.6) is 0 Å². The molecule has 0 saturated heterocycles. The van der Waals surface area contributed by atoms with Gasteiger partial charge in [0.2, 0.25) is 5.95 Å². The van der Waals surface area contributed by atoms with Gasteiger partial charge in [-0.1, -0.05) is 53.5 Å². The number of fused-ring (bicyclic) bond motifs is 3. The maximum atomic E-state index is 6.30. The minimum atomic E-state index is 0.199. The molecular formula is C23H24Cl2N4. The topological polar surface area (TPSA) is 41.1 Å². The lowest BCUT2D eigenvalue weighted by Crippen LogP contribution is -2.32. The molecule has 0 fully saturated rings. The number of hydrogen-bond donors (Lipinski definition) is 1. The molecule has 2 unspecified atom stereocenters. The molecule has 1 heterocycles. The lowest BCUT2D eigenvalue weighted by atomic mass is 9.78. The van der Waals surface area contributed by atoms with E-state index in [1.54, 1.807) is 0 Å². The van der Waals surface area contributed by atoms with Gasteiger partial charge in [0.1, 0.15) is 0 Å². The van der Waals surface area contributed by atoms with Gasteiger partial charge >= 0.3 is 0 Å². The second-order valence-electron chi connectivity index (χ2n) is 7.78. The molecule has 0 bridgehead atoms. The monoisotopic (exact) mass is 426 g/mol. The SMILES string of the molecule is CC(CNc1ncc2c(n1)-c1ccccc1C(c1ccc(Cl)c(Cl)c1)C2)N(C)C. The van der Waals surface area contributed by atoms with Crippen molar-refractivity contribution in [2.24, 2.45) is 0 Å². The molecule has 0 radical (unpaired) electrons. The fourth-order valence-electron chi connectivity index (χ4n) is 3.67. The predicted octanol–water partition coefficient (Wildman–Crippen LogP) is 5.50. The van der Waals surface area contributed by atoms with Crippen LogP contribution in [-0.2, 0) is 6.42 Å². The summed E-state index contributed by atoms with van der Waals surface area (Å²) in [5, 5.41) is 4.52. The molecule has 0 aliphatic heterocycles. The van der Waals surface area contributed by atoms with Gasteiger partial charge in [-0.25, -0.2) is 9.97 Å². The van der Waals surface area contributed by atoms with Gasteiger partial charge in [0.15, 0.2) is 0 Å². The Morgan fingerprint density at radius 3 is 2.69 bits per heavy atom. The quantitative estimate of drug-likeness (QED) is 0.584. The van der Waals surface area contributed by atoms with Gasteiger partial charge in [0.25, 0.3) is 0 Å². The number of halogens is 2. The highest BCUT2D eigenvalue weighted by Crippen LogP contribution is 2.42. The minimum Gasteiger partial charge on any atom is -0.353 e. The van der Waals surface area contributed by atoms with Gasteiger partial charge in [-0.3, -0.25) is 0 Å². The van der Waals surface area contributed by atoms with E-state index >= 15 is 0 Å². The number of likely N-dealkylation sites (N-methyl/N-ethyl adjacent to an activating group) is 1. The molecule has 0 spiro atoms. The van der Waals surface area contributed by atoms with Gasteiger partial charge < -0.3 is 10.2 Å². The molecule has 1 aromatic heterocycles. The average molecular weight is 427 g/mol. The van der Waals surface area contributed by atoms with Crippen molar-refractivity contribution in [1.82, 2.24) is 14.9 Å². The fraction of sp³-hybridized carbons (Fsp3) is 0.304. The summed E-state index contributed by atoms with van der Waals surface area (Å²) < 4.78 is 0. The van der Waals surface area contributed by atoms with Crippen LogP contribution in [0.3, 0.4) is 0 Å². The Bertz CT molecular complexity index is 1040. The molecule has 0 saturated carbocycles. The zero-order valence-corrected chi connectivity index (χ0v) is 18.3. The third kappa shape index (κ3) is 4.11. The molecule has 4 nitrogen and oxygen atoms in total. The third-order valence-corrected chi connectivity index (χ3v) is 6.40. The molecule has 150 valence electrons. The molecule has 2 aromatic carbocycles. The van der Waals surface area contributed by atoms with E-state index in [0.29, 0.717) is 22.0 Å². The van der Waals surface area contributed by atoms with Crippen LogP contribution < -0.4 is 5.32 Å². The molecule has 1 aliphatic carbocycles. The molecule has 29 heavy (non-hydrogen) atoms. The summed E-state index contributed by atoms with van der Waals surface area (Å²) in [5.41, 5.74) is 5.71. The average Bonchev–Trinajstić information content (AvgIpc) is 2.73. The van der Waals surface area contributed by atoms with Crippen molar-refractivity contribution < 1.29 is 0 Å². The highest BCUT2D eigenvalue weighted by atomic mass is 35.5. The van der Waals surface area contributed by atoms with Crippen LogP contribution >= 0.6 is 23.2 Å². The lowest BCUT2D eigenvalue weighted by molar-refractivity contribution is 0.326. The first kappa shape index (κ1) is 20.1. The first-order chi connectivity index (χ1) is 13.9. The van der Waals surface area contributed by atoms with E-state index in [1.807, 2.05) is 18.3 Å². The van der Waals surface area contributed by atoms with Crippen molar-refractivity contribution >= 4 is 29.2 Å². The Kier molecular flexibility index (Phi) is 5.77. The first-order valence-electron chi connectivity index (χ1n) is 9.74. The number of aromatic nitrogens is 2. The van der Waals surface area contributed by atoms with E-state index in [4.69, 9.17) is 28.2 Å². The highest BCUT2D eigenvalue weighted by Gasteiger charge is 2.27. The predicted molar refractivity (Wildman–Crippen MR) is 121 cm³/mol. The van der Waals surface area contributed by atoms with Crippen LogP contribution in [0, 0.1) is 0 Å². The van der Waals surface area contributed by atoms with Crippen molar-refractivity contribution in [1.29, 1.82) is 0 Å². The van der Waals surface area contributed by atoms with Crippen LogP contribution in [0.2, 0.25) is 10.0 Å². The van der Waals surface area contributed by atoms with E-state index < -0.39 is 0 Å². The summed E-state index contributed by atoms with van der Waals surface area (Å²) in [6, 6.07) is 14.7. The van der Waals surface area contributed by atoms with Crippen LogP contribution in [-0.4, -0.2) is 41.5 Å². The van der Waals surface area contributed by atoms with Gasteiger partial charge in [0, 0.05) is 30.3 Å². The van der Waals surface area contributed by atoms with Gasteiger partial charge in [-0.2, -0.15) is 0 Å². The fourth-order valence-corrected chi connectivity index (χ4v) is 3.98. The Labute approximate surface area is 181 Å². The Balaban J connectivity index is 1.69. The number of hydrogen-bond acceptors (Lipinski definition) is 4. The standard InChI is InChI=1S/C23H24Cl2N4/c1-14(29(2)3)12-26-23-27-13-16-10-19(15-8-9-20(24)21(25)11-15)17-6-4-5-7-18(17)22(16)28-23/h4-9,11,13-14,19H,10,12H2,1-3H3,(H,26,27,28). The smallest absolute Gasteiger partial charge is 0.223 e. The van der Waals surface area contributed by atoms with Crippen molar-refractivity contribution in [3.05, 3.63) is 75.4 Å². The summed E-state index contributed by atoms with van der Waals surface area (Å²) >= 11 is 12.4. The second-order valence-corrected chi connectivity index (χ2v) is 8.59. The summed E-state index contributed by atoms with van der Waals surface area (Å²) in [6.45, 7) is 2.96. The molecule has 0 amide bonds. The van der Waals surface area contributed by atoms with E-state index in [0.717, 1.165) is 35.3 Å². The Morgan fingerprint density at radius 2 is 1.93 bits per heavy atom. The minimum absolute atomic E-state index is 0.199. The van der Waals surface area contributed by atoms with Crippen LogP contribution in [0.15, 0.2) is 48.7 Å². The number of rotatable bonds is 5. The molecular weight excluding hydrogens is 403 g/mol. The largest absolute Gasteiger partial charge is 0.353 e. The molecule has 3 aromatic rings. The Morgan fingerprint density at radius 1 is 1.14 bits per heavy atom. The molecule has 1 aliphatic rings. The third-order valence-electron chi connectivity index (χ3n) is 5.66. The summed E-state index contributed by atoms with van der Waals surface area (Å²) in [7, 11) is 4.14. The second kappa shape index (κ2) is 8.31. The van der Waals surface area contributed by atoms with Gasteiger partial charge in [0.05, 0.1) is 15.7 Å². The normalized spacial score (nSPS) is 16.3. The number of nitrogens with zero attached hydrogens (tertiary/aromatic N) is 3.